The first kappa shape index (κ1) is 13.0. The molecule has 4 nitrogen and oxygen atoms in total. The van der Waals surface area contributed by atoms with Gasteiger partial charge in [-0.2, -0.15) is 0 Å². The average molecular weight is 287 g/mol. The third-order valence-corrected chi connectivity index (χ3v) is 2.86. The normalized spacial score (nSPS) is 12.0. The summed E-state index contributed by atoms with van der Waals surface area (Å²) < 4.78 is 5.84. The molecule has 1 rings (SSSR count). The average Bonchev–Trinajstić information content (AvgIpc) is 2.24. The zero-order chi connectivity index (χ0) is 12.1. The lowest BCUT2D eigenvalue weighted by Crippen LogP contribution is -2.28. The molecule has 0 radical (unpaired) electrons. The molecular weight excluding hydrogens is 272 g/mol. The maximum atomic E-state index is 11.4. The van der Waals surface area contributed by atoms with Gasteiger partial charge in [0.1, 0.15) is 11.9 Å². The van der Waals surface area contributed by atoms with E-state index in [1.807, 2.05) is 19.1 Å². The fourth-order valence-electron chi connectivity index (χ4n) is 1.17. The number of pyridine rings is 1. The van der Waals surface area contributed by atoms with Crippen molar-refractivity contribution in [2.45, 2.75) is 26.8 Å². The topological polar surface area (TPSA) is 51.2 Å². The predicted octanol–water partition coefficient (Wildman–Crippen LogP) is 2.52. The smallest absolute Gasteiger partial charge is 0.328 e. The molecule has 16 heavy (non-hydrogen) atoms. The maximum Gasteiger partial charge on any atom is 0.328 e. The van der Waals surface area contributed by atoms with Crippen LogP contribution in [0.2, 0.25) is 0 Å². The number of carbonyl (C=O) groups is 1. The Morgan fingerprint density at radius 1 is 1.62 bits per heavy atom. The number of halogens is 1. The molecule has 0 aliphatic heterocycles. The molecule has 0 spiro atoms. The number of hydrogen-bond donors (Lipinski definition) is 1. The van der Waals surface area contributed by atoms with Gasteiger partial charge in [-0.05, 0) is 48.8 Å². The van der Waals surface area contributed by atoms with Crippen LogP contribution < -0.4 is 5.32 Å². The Hall–Kier alpha value is -1.10. The summed E-state index contributed by atoms with van der Waals surface area (Å²) in [5.41, 5.74) is 0.876. The number of aromatic nitrogens is 1. The first-order valence-electron chi connectivity index (χ1n) is 5.11. The van der Waals surface area contributed by atoms with E-state index >= 15 is 0 Å². The summed E-state index contributed by atoms with van der Waals surface area (Å²) in [6.45, 7) is 5.81. The minimum Gasteiger partial charge on any atom is -0.464 e. The number of anilines is 1. The molecule has 1 atom stereocenters. The monoisotopic (exact) mass is 286 g/mol. The molecule has 1 aromatic heterocycles. The predicted molar refractivity (Wildman–Crippen MR) is 66.4 cm³/mol. The van der Waals surface area contributed by atoms with Crippen molar-refractivity contribution in [3.63, 3.8) is 0 Å². The molecule has 0 bridgehead atoms. The van der Waals surface area contributed by atoms with Crippen molar-refractivity contribution in [3.05, 3.63) is 22.3 Å². The number of carbonyl (C=O) groups excluding carboxylic acids is 1. The standard InChI is InChI=1S/C11H15BrN2O2/c1-4-16-11(15)8(3)14-10-6-5-9(12)7(2)13-10/h5-6,8H,4H2,1-3H3,(H,13,14). The Morgan fingerprint density at radius 2 is 2.31 bits per heavy atom. The molecule has 0 fully saturated rings. The molecule has 1 heterocycles. The van der Waals surface area contributed by atoms with E-state index in [9.17, 15) is 4.79 Å². The van der Waals surface area contributed by atoms with E-state index in [4.69, 9.17) is 4.74 Å². The van der Waals surface area contributed by atoms with Crippen molar-refractivity contribution < 1.29 is 9.53 Å². The molecular formula is C11H15BrN2O2. The van der Waals surface area contributed by atoms with E-state index in [1.54, 1.807) is 13.8 Å². The van der Waals surface area contributed by atoms with Crippen LogP contribution in [0.15, 0.2) is 16.6 Å². The molecule has 88 valence electrons. The first-order chi connectivity index (χ1) is 7.54. The van der Waals surface area contributed by atoms with E-state index < -0.39 is 6.04 Å². The van der Waals surface area contributed by atoms with E-state index in [0.717, 1.165) is 10.2 Å². The Morgan fingerprint density at radius 3 is 2.88 bits per heavy atom. The van der Waals surface area contributed by atoms with Crippen LogP contribution in [0.4, 0.5) is 5.82 Å². The van der Waals surface area contributed by atoms with Crippen molar-refractivity contribution in [1.82, 2.24) is 4.98 Å². The Labute approximate surface area is 104 Å². The molecule has 1 unspecified atom stereocenters. The molecule has 0 aromatic carbocycles. The summed E-state index contributed by atoms with van der Waals surface area (Å²) in [7, 11) is 0. The summed E-state index contributed by atoms with van der Waals surface area (Å²) >= 11 is 3.37. The van der Waals surface area contributed by atoms with Gasteiger partial charge < -0.3 is 10.1 Å². The highest BCUT2D eigenvalue weighted by Crippen LogP contribution is 2.16. The van der Waals surface area contributed by atoms with E-state index in [2.05, 4.69) is 26.2 Å². The van der Waals surface area contributed by atoms with Crippen LogP contribution >= 0.6 is 15.9 Å². The third-order valence-electron chi connectivity index (χ3n) is 2.03. The van der Waals surface area contributed by atoms with Gasteiger partial charge >= 0.3 is 5.97 Å². The van der Waals surface area contributed by atoms with Crippen molar-refractivity contribution in [2.75, 3.05) is 11.9 Å². The lowest BCUT2D eigenvalue weighted by atomic mass is 10.3. The molecule has 0 amide bonds. The number of nitrogens with zero attached hydrogens (tertiary/aromatic N) is 1. The van der Waals surface area contributed by atoms with E-state index in [1.165, 1.54) is 0 Å². The minimum absolute atomic E-state index is 0.273. The summed E-state index contributed by atoms with van der Waals surface area (Å²) in [4.78, 5) is 15.7. The fourth-order valence-corrected chi connectivity index (χ4v) is 1.39. The van der Waals surface area contributed by atoms with E-state index in [0.29, 0.717) is 12.4 Å². The SMILES string of the molecule is CCOC(=O)C(C)Nc1ccc(Br)c(C)n1. The van der Waals surface area contributed by atoms with Gasteiger partial charge in [-0.15, -0.1) is 0 Å². The van der Waals surface area contributed by atoms with Gasteiger partial charge in [0, 0.05) is 4.47 Å². The largest absolute Gasteiger partial charge is 0.464 e. The molecule has 0 saturated heterocycles. The minimum atomic E-state index is -0.395. The number of esters is 1. The third kappa shape index (κ3) is 3.48. The number of nitrogens with one attached hydrogen (secondary N) is 1. The zero-order valence-electron chi connectivity index (χ0n) is 9.58. The van der Waals surface area contributed by atoms with Crippen LogP contribution in [0.5, 0.6) is 0 Å². The highest BCUT2D eigenvalue weighted by molar-refractivity contribution is 9.10. The van der Waals surface area contributed by atoms with Crippen LogP contribution in [0.1, 0.15) is 19.5 Å². The van der Waals surface area contributed by atoms with Crippen LogP contribution in [-0.2, 0) is 9.53 Å². The fraction of sp³-hybridized carbons (Fsp3) is 0.455. The van der Waals surface area contributed by atoms with Crippen LogP contribution in [-0.4, -0.2) is 23.6 Å². The van der Waals surface area contributed by atoms with Gasteiger partial charge in [0.2, 0.25) is 0 Å². The quantitative estimate of drug-likeness (QED) is 0.864. The lowest BCUT2D eigenvalue weighted by Gasteiger charge is -2.13. The van der Waals surface area contributed by atoms with Crippen molar-refractivity contribution in [1.29, 1.82) is 0 Å². The summed E-state index contributed by atoms with van der Waals surface area (Å²) in [6.07, 6.45) is 0. The number of hydrogen-bond acceptors (Lipinski definition) is 4. The molecule has 5 heteroatoms. The van der Waals surface area contributed by atoms with Crippen LogP contribution in [0.3, 0.4) is 0 Å². The van der Waals surface area contributed by atoms with Gasteiger partial charge in [-0.3, -0.25) is 0 Å². The van der Waals surface area contributed by atoms with Gasteiger partial charge in [0.15, 0.2) is 0 Å². The number of aryl methyl sites for hydroxylation is 1. The second-order valence-corrected chi connectivity index (χ2v) is 4.24. The van der Waals surface area contributed by atoms with Crippen molar-refractivity contribution in [2.24, 2.45) is 0 Å². The summed E-state index contributed by atoms with van der Waals surface area (Å²) in [6, 6.07) is 3.31. The highest BCUT2D eigenvalue weighted by Gasteiger charge is 2.13. The van der Waals surface area contributed by atoms with Gasteiger partial charge in [0.25, 0.3) is 0 Å². The summed E-state index contributed by atoms with van der Waals surface area (Å²) in [5.74, 6) is 0.395. The lowest BCUT2D eigenvalue weighted by molar-refractivity contribution is -0.143. The highest BCUT2D eigenvalue weighted by atomic mass is 79.9. The second kappa shape index (κ2) is 5.84. The molecule has 0 aliphatic carbocycles. The maximum absolute atomic E-state index is 11.4. The Bertz CT molecular complexity index is 382. The Kier molecular flexibility index (Phi) is 4.73. The second-order valence-electron chi connectivity index (χ2n) is 3.38. The first-order valence-corrected chi connectivity index (χ1v) is 5.90. The molecule has 0 saturated carbocycles. The zero-order valence-corrected chi connectivity index (χ0v) is 11.2. The van der Waals surface area contributed by atoms with Gasteiger partial charge in [0.05, 0.1) is 12.3 Å². The molecule has 0 aliphatic rings. The van der Waals surface area contributed by atoms with Gasteiger partial charge in [-0.25, -0.2) is 9.78 Å². The number of rotatable bonds is 4. The van der Waals surface area contributed by atoms with Crippen LogP contribution in [0, 0.1) is 6.92 Å². The van der Waals surface area contributed by atoms with Crippen molar-refractivity contribution >= 4 is 27.7 Å². The molecule has 1 N–H and O–H groups in total. The molecule has 1 aromatic rings. The van der Waals surface area contributed by atoms with Crippen molar-refractivity contribution in [3.8, 4) is 0 Å². The van der Waals surface area contributed by atoms with E-state index in [-0.39, 0.29) is 5.97 Å². The van der Waals surface area contributed by atoms with Gasteiger partial charge in [-0.1, -0.05) is 0 Å². The summed E-state index contributed by atoms with van der Waals surface area (Å²) in [5, 5.41) is 2.99. The Balaban J connectivity index is 2.66. The number of ether oxygens (including phenoxy) is 1. The van der Waals surface area contributed by atoms with Crippen LogP contribution in [0.25, 0.3) is 0 Å².